The minimum absolute atomic E-state index is 0.799. The zero-order valence-corrected chi connectivity index (χ0v) is 14.9. The Morgan fingerprint density at radius 3 is 2.21 bits per heavy atom. The molecule has 2 aromatic rings. The molecule has 5 nitrogen and oxygen atoms in total. The summed E-state index contributed by atoms with van der Waals surface area (Å²) in [5.74, 6) is 1.69. The van der Waals surface area contributed by atoms with Gasteiger partial charge in [0.2, 0.25) is 0 Å². The van der Waals surface area contributed by atoms with Crippen LogP contribution in [0.4, 0.5) is 5.82 Å². The third-order valence-corrected chi connectivity index (χ3v) is 5.48. The Bertz CT molecular complexity index is 607. The van der Waals surface area contributed by atoms with E-state index in [1.165, 1.54) is 0 Å². The van der Waals surface area contributed by atoms with Crippen LogP contribution in [0, 0.1) is 6.92 Å². The lowest BCUT2D eigenvalue weighted by molar-refractivity contribution is 1.06. The maximum Gasteiger partial charge on any atom is 0.157 e. The second kappa shape index (κ2) is 4.41. The minimum Gasteiger partial charge on any atom is -0.394 e. The molecule has 0 atom stereocenters. The van der Waals surface area contributed by atoms with Crippen molar-refractivity contribution in [2.24, 2.45) is 0 Å². The van der Waals surface area contributed by atoms with Gasteiger partial charge in [-0.2, -0.15) is 0 Å². The van der Waals surface area contributed by atoms with Gasteiger partial charge in [0.1, 0.15) is 25.4 Å². The fraction of sp³-hybridized carbons (Fsp3) is 0.583. The molecule has 0 amide bonds. The van der Waals surface area contributed by atoms with E-state index in [2.05, 4.69) is 63.4 Å². The highest BCUT2D eigenvalue weighted by Gasteiger charge is 2.23. The Kier molecular flexibility index (Phi) is 3.30. The number of imidazole rings is 1. The van der Waals surface area contributed by atoms with Crippen molar-refractivity contribution in [2.45, 2.75) is 46.2 Å². The van der Waals surface area contributed by atoms with Crippen molar-refractivity contribution in [1.82, 2.24) is 19.2 Å². The molecule has 19 heavy (non-hydrogen) atoms. The number of nitrogens with zero attached hydrogens (tertiary/aromatic N) is 4. The first-order valence-electron chi connectivity index (χ1n) is 6.58. The SMILES string of the molecule is Cc1nc(N[Si](C)(C)C)c2ncn([Si](C)(C)C)c2n1. The molecule has 2 rings (SSSR count). The van der Waals surface area contributed by atoms with Gasteiger partial charge in [0.15, 0.2) is 13.9 Å². The molecule has 7 heteroatoms. The second-order valence-electron chi connectivity index (χ2n) is 6.95. The molecule has 0 aromatic carbocycles. The monoisotopic (exact) mass is 293 g/mol. The number of nitrogens with one attached hydrogen (secondary N) is 1. The molecule has 0 spiro atoms. The summed E-state index contributed by atoms with van der Waals surface area (Å²) in [6, 6.07) is 0. The quantitative estimate of drug-likeness (QED) is 0.884. The summed E-state index contributed by atoms with van der Waals surface area (Å²) in [6.45, 7) is 15.6. The highest BCUT2D eigenvalue weighted by atomic mass is 28.3. The summed E-state index contributed by atoms with van der Waals surface area (Å²) < 4.78 is 2.24. The van der Waals surface area contributed by atoms with E-state index < -0.39 is 16.5 Å². The molecule has 0 aliphatic carbocycles. The standard InChI is InChI=1S/C12H23N5Si2/c1-9-14-11(16-18(2,3)4)10-12(15-9)17(8-13-10)19(5,6)7/h8H,1-7H3,(H,14,15,16). The molecule has 0 saturated heterocycles. The van der Waals surface area contributed by atoms with E-state index in [-0.39, 0.29) is 0 Å². The van der Waals surface area contributed by atoms with Crippen LogP contribution in [0.2, 0.25) is 39.3 Å². The van der Waals surface area contributed by atoms with Gasteiger partial charge in [-0.05, 0) is 6.92 Å². The van der Waals surface area contributed by atoms with Crippen LogP contribution >= 0.6 is 0 Å². The normalized spacial score (nSPS) is 13.0. The lowest BCUT2D eigenvalue weighted by Gasteiger charge is -2.20. The van der Waals surface area contributed by atoms with E-state index in [9.17, 15) is 0 Å². The minimum atomic E-state index is -1.50. The summed E-state index contributed by atoms with van der Waals surface area (Å²) >= 11 is 0. The van der Waals surface area contributed by atoms with Gasteiger partial charge in [0.25, 0.3) is 0 Å². The lowest BCUT2D eigenvalue weighted by atomic mass is 10.5. The maximum atomic E-state index is 4.59. The van der Waals surface area contributed by atoms with Crippen molar-refractivity contribution in [3.8, 4) is 0 Å². The zero-order chi connectivity index (χ0) is 14.4. The molecule has 0 fully saturated rings. The van der Waals surface area contributed by atoms with Crippen molar-refractivity contribution in [3.05, 3.63) is 12.2 Å². The molecular formula is C12H23N5Si2. The van der Waals surface area contributed by atoms with Gasteiger partial charge >= 0.3 is 0 Å². The van der Waals surface area contributed by atoms with Gasteiger partial charge in [0.05, 0.1) is 6.33 Å². The van der Waals surface area contributed by atoms with Crippen LogP contribution < -0.4 is 4.98 Å². The average molecular weight is 294 g/mol. The highest BCUT2D eigenvalue weighted by Crippen LogP contribution is 2.23. The fourth-order valence-corrected chi connectivity index (χ4v) is 4.02. The summed E-state index contributed by atoms with van der Waals surface area (Å²) in [7, 11) is -2.96. The Morgan fingerprint density at radius 2 is 1.68 bits per heavy atom. The number of aryl methyl sites for hydroxylation is 1. The molecule has 0 aliphatic heterocycles. The predicted octanol–water partition coefficient (Wildman–Crippen LogP) is 3.06. The Labute approximate surface area is 116 Å². The van der Waals surface area contributed by atoms with E-state index in [4.69, 9.17) is 0 Å². The van der Waals surface area contributed by atoms with Gasteiger partial charge in [-0.3, -0.25) is 0 Å². The molecule has 104 valence electrons. The topological polar surface area (TPSA) is 55.6 Å². The fourth-order valence-electron chi connectivity index (χ4n) is 1.94. The first-order valence-corrected chi connectivity index (χ1v) is 13.5. The number of hydrogen-bond donors (Lipinski definition) is 1. The van der Waals surface area contributed by atoms with E-state index in [0.717, 1.165) is 22.8 Å². The Morgan fingerprint density at radius 1 is 1.05 bits per heavy atom. The molecule has 0 aliphatic rings. The van der Waals surface area contributed by atoms with Crippen LogP contribution in [0.3, 0.4) is 0 Å². The van der Waals surface area contributed by atoms with E-state index in [0.29, 0.717) is 0 Å². The van der Waals surface area contributed by atoms with Gasteiger partial charge in [-0.1, -0.05) is 39.3 Å². The van der Waals surface area contributed by atoms with Crippen molar-refractivity contribution in [3.63, 3.8) is 0 Å². The smallest absolute Gasteiger partial charge is 0.157 e. The van der Waals surface area contributed by atoms with Gasteiger partial charge in [0, 0.05) is 0 Å². The Hall–Kier alpha value is -1.22. The molecule has 1 N–H and O–H groups in total. The van der Waals surface area contributed by atoms with Crippen molar-refractivity contribution >= 4 is 33.5 Å². The first kappa shape index (κ1) is 14.2. The van der Waals surface area contributed by atoms with Crippen LogP contribution in [0.25, 0.3) is 11.2 Å². The highest BCUT2D eigenvalue weighted by molar-refractivity contribution is 6.79. The number of fused-ring (bicyclic) bond motifs is 1. The largest absolute Gasteiger partial charge is 0.394 e. The molecule has 0 unspecified atom stereocenters. The van der Waals surface area contributed by atoms with Crippen LogP contribution in [-0.2, 0) is 0 Å². The van der Waals surface area contributed by atoms with Gasteiger partial charge < -0.3 is 9.22 Å². The summed E-state index contributed by atoms with van der Waals surface area (Å²) in [5.41, 5.74) is 1.86. The van der Waals surface area contributed by atoms with E-state index >= 15 is 0 Å². The third kappa shape index (κ3) is 3.03. The third-order valence-electron chi connectivity index (χ3n) is 2.72. The molecular weight excluding hydrogens is 270 g/mol. The van der Waals surface area contributed by atoms with Crippen molar-refractivity contribution in [2.75, 3.05) is 4.98 Å². The maximum absolute atomic E-state index is 4.59. The van der Waals surface area contributed by atoms with Crippen LogP contribution in [0.5, 0.6) is 0 Å². The molecule has 0 radical (unpaired) electrons. The number of rotatable bonds is 3. The van der Waals surface area contributed by atoms with E-state index in [1.54, 1.807) is 0 Å². The molecule has 2 aromatic heterocycles. The summed E-state index contributed by atoms with van der Waals surface area (Å²) in [4.78, 5) is 17.2. The molecule has 0 bridgehead atoms. The number of hydrogen-bond acceptors (Lipinski definition) is 4. The average Bonchev–Trinajstić information content (AvgIpc) is 2.57. The zero-order valence-electron chi connectivity index (χ0n) is 12.9. The van der Waals surface area contributed by atoms with Crippen molar-refractivity contribution in [1.29, 1.82) is 0 Å². The van der Waals surface area contributed by atoms with E-state index in [1.807, 2.05) is 13.3 Å². The van der Waals surface area contributed by atoms with Gasteiger partial charge in [-0.25, -0.2) is 15.0 Å². The predicted molar refractivity (Wildman–Crippen MR) is 85.8 cm³/mol. The van der Waals surface area contributed by atoms with Crippen molar-refractivity contribution < 1.29 is 0 Å². The molecule has 0 saturated carbocycles. The number of aromatic nitrogens is 4. The van der Waals surface area contributed by atoms with Crippen LogP contribution in [0.1, 0.15) is 5.82 Å². The molecule has 2 heterocycles. The second-order valence-corrected chi connectivity index (χ2v) is 16.5. The summed E-state index contributed by atoms with van der Waals surface area (Å²) in [5, 5.41) is 0. The summed E-state index contributed by atoms with van der Waals surface area (Å²) in [6.07, 6.45) is 1.92. The van der Waals surface area contributed by atoms with Crippen LogP contribution in [0.15, 0.2) is 6.33 Å². The van der Waals surface area contributed by atoms with Gasteiger partial charge in [-0.15, -0.1) is 0 Å². The van der Waals surface area contributed by atoms with Crippen LogP contribution in [-0.4, -0.2) is 35.7 Å². The Balaban J connectivity index is 2.65. The number of anilines is 1. The lowest BCUT2D eigenvalue weighted by Crippen LogP contribution is -2.33. The first-order chi connectivity index (χ1) is 8.58.